The molecule has 106 valence electrons. The average molecular weight is 293 g/mol. The van der Waals surface area contributed by atoms with Crippen molar-refractivity contribution in [2.45, 2.75) is 19.8 Å². The summed E-state index contributed by atoms with van der Waals surface area (Å²) in [6.07, 6.45) is 3.94. The molecule has 2 N–H and O–H groups in total. The molecule has 0 aromatic carbocycles. The van der Waals surface area contributed by atoms with Crippen LogP contribution in [0.5, 0.6) is 0 Å². The third kappa shape index (κ3) is 3.16. The molecule has 0 unspecified atom stereocenters. The minimum absolute atomic E-state index is 0.0150. The molecule has 1 aromatic rings. The number of hydrogen-bond donors (Lipinski definition) is 2. The molecule has 0 saturated carbocycles. The zero-order valence-corrected chi connectivity index (χ0v) is 11.9. The van der Waals surface area contributed by atoms with Gasteiger partial charge in [-0.25, -0.2) is 0 Å². The lowest BCUT2D eigenvalue weighted by Gasteiger charge is -2.10. The number of nitrogens with zero attached hydrogens (tertiary/aromatic N) is 1. The highest BCUT2D eigenvalue weighted by Gasteiger charge is 2.27. The SMILES string of the molecule is CCC(=O)NCCCSC1=CC(=O)c2[nH]ncc2C1=O. The van der Waals surface area contributed by atoms with E-state index in [4.69, 9.17) is 0 Å². The van der Waals surface area contributed by atoms with Crippen LogP contribution >= 0.6 is 11.8 Å². The van der Waals surface area contributed by atoms with Gasteiger partial charge in [-0.2, -0.15) is 5.10 Å². The predicted octanol–water partition coefficient (Wildman–Crippen LogP) is 1.32. The number of amides is 1. The van der Waals surface area contributed by atoms with Gasteiger partial charge in [0.15, 0.2) is 0 Å². The lowest BCUT2D eigenvalue weighted by Crippen LogP contribution is -2.23. The number of carbonyl (C=O) groups excluding carboxylic acids is 3. The Morgan fingerprint density at radius 1 is 1.45 bits per heavy atom. The van der Waals surface area contributed by atoms with Gasteiger partial charge < -0.3 is 5.32 Å². The number of hydrogen-bond acceptors (Lipinski definition) is 5. The summed E-state index contributed by atoms with van der Waals surface area (Å²) in [6.45, 7) is 2.37. The number of ketones is 2. The number of aromatic nitrogens is 2. The first-order valence-electron chi connectivity index (χ1n) is 6.37. The second kappa shape index (κ2) is 6.51. The highest BCUT2D eigenvalue weighted by molar-refractivity contribution is 8.04. The summed E-state index contributed by atoms with van der Waals surface area (Å²) in [4.78, 5) is 35.3. The summed E-state index contributed by atoms with van der Waals surface area (Å²) in [6, 6.07) is 0. The fourth-order valence-corrected chi connectivity index (χ4v) is 2.69. The topological polar surface area (TPSA) is 91.9 Å². The zero-order valence-electron chi connectivity index (χ0n) is 11.1. The first-order chi connectivity index (χ1) is 9.63. The van der Waals surface area contributed by atoms with Crippen LogP contribution < -0.4 is 5.32 Å². The van der Waals surface area contributed by atoms with E-state index in [0.717, 1.165) is 6.42 Å². The fraction of sp³-hybridized carbons (Fsp3) is 0.385. The molecule has 0 bridgehead atoms. The largest absolute Gasteiger partial charge is 0.356 e. The molecule has 1 aliphatic carbocycles. The van der Waals surface area contributed by atoms with Crippen molar-refractivity contribution in [3.05, 3.63) is 28.4 Å². The molecule has 0 fully saturated rings. The number of allylic oxidation sites excluding steroid dienone is 2. The van der Waals surface area contributed by atoms with Gasteiger partial charge in [-0.05, 0) is 12.2 Å². The van der Waals surface area contributed by atoms with E-state index in [1.165, 1.54) is 24.0 Å². The van der Waals surface area contributed by atoms with Crippen LogP contribution in [0, 0.1) is 0 Å². The fourth-order valence-electron chi connectivity index (χ4n) is 1.75. The van der Waals surface area contributed by atoms with Crippen molar-refractivity contribution >= 4 is 29.2 Å². The monoisotopic (exact) mass is 293 g/mol. The Kier molecular flexibility index (Phi) is 4.73. The van der Waals surface area contributed by atoms with E-state index in [1.807, 2.05) is 0 Å². The van der Waals surface area contributed by atoms with E-state index in [-0.39, 0.29) is 23.2 Å². The van der Waals surface area contributed by atoms with Crippen molar-refractivity contribution in [2.75, 3.05) is 12.3 Å². The number of nitrogens with one attached hydrogen (secondary N) is 2. The van der Waals surface area contributed by atoms with Crippen LogP contribution in [0.3, 0.4) is 0 Å². The number of aromatic amines is 1. The Hall–Kier alpha value is -1.89. The number of thioether (sulfide) groups is 1. The third-order valence-corrected chi connectivity index (χ3v) is 3.95. The Balaban J connectivity index is 1.84. The lowest BCUT2D eigenvalue weighted by molar-refractivity contribution is -0.120. The molecule has 2 rings (SSSR count). The third-order valence-electron chi connectivity index (χ3n) is 2.84. The van der Waals surface area contributed by atoms with Gasteiger partial charge in [-0.15, -0.1) is 11.8 Å². The van der Waals surface area contributed by atoms with Crippen molar-refractivity contribution < 1.29 is 14.4 Å². The Bertz CT molecular complexity index is 577. The minimum Gasteiger partial charge on any atom is -0.356 e. The summed E-state index contributed by atoms with van der Waals surface area (Å²) in [7, 11) is 0. The maximum Gasteiger partial charge on any atom is 0.219 e. The van der Waals surface area contributed by atoms with Gasteiger partial charge in [0.25, 0.3) is 0 Å². The number of Topliss-reactive ketones (excluding diaryl/α,β-unsaturated/α-hetero) is 1. The Morgan fingerprint density at radius 2 is 2.25 bits per heavy atom. The van der Waals surface area contributed by atoms with Crippen LogP contribution in [0.4, 0.5) is 0 Å². The number of fused-ring (bicyclic) bond motifs is 1. The van der Waals surface area contributed by atoms with Gasteiger partial charge in [0.1, 0.15) is 5.69 Å². The van der Waals surface area contributed by atoms with Crippen LogP contribution in [-0.2, 0) is 4.79 Å². The molecule has 1 aromatic heterocycles. The molecule has 7 heteroatoms. The summed E-state index contributed by atoms with van der Waals surface area (Å²) in [5, 5.41) is 9.02. The summed E-state index contributed by atoms with van der Waals surface area (Å²) in [5.41, 5.74) is 0.592. The minimum atomic E-state index is -0.223. The lowest BCUT2D eigenvalue weighted by atomic mass is 10.0. The molecule has 0 spiro atoms. The molecule has 0 radical (unpaired) electrons. The van der Waals surface area contributed by atoms with E-state index in [1.54, 1.807) is 6.92 Å². The Morgan fingerprint density at radius 3 is 3.00 bits per heavy atom. The molecule has 0 saturated heterocycles. The smallest absolute Gasteiger partial charge is 0.219 e. The van der Waals surface area contributed by atoms with E-state index < -0.39 is 0 Å². The molecule has 0 aliphatic heterocycles. The van der Waals surface area contributed by atoms with Crippen molar-refractivity contribution in [1.82, 2.24) is 15.5 Å². The molecular formula is C13H15N3O3S. The van der Waals surface area contributed by atoms with Crippen molar-refractivity contribution in [1.29, 1.82) is 0 Å². The van der Waals surface area contributed by atoms with Crippen molar-refractivity contribution in [2.24, 2.45) is 0 Å². The van der Waals surface area contributed by atoms with Gasteiger partial charge in [0.05, 0.1) is 16.7 Å². The van der Waals surface area contributed by atoms with Crippen LogP contribution in [0.1, 0.15) is 40.6 Å². The number of carbonyl (C=O) groups is 3. The van der Waals surface area contributed by atoms with Gasteiger partial charge in [-0.1, -0.05) is 6.92 Å². The first-order valence-corrected chi connectivity index (χ1v) is 7.35. The highest BCUT2D eigenvalue weighted by atomic mass is 32.2. The van der Waals surface area contributed by atoms with E-state index in [0.29, 0.717) is 29.2 Å². The first kappa shape index (κ1) is 14.5. The van der Waals surface area contributed by atoms with E-state index >= 15 is 0 Å². The molecule has 1 heterocycles. The maximum absolute atomic E-state index is 12.1. The molecule has 1 aliphatic rings. The standard InChI is InChI=1S/C13H15N3O3S/c1-2-11(18)14-4-3-5-20-10-6-9(17)12-8(13(10)19)7-15-16-12/h6-7H,2-5H2,1H3,(H,14,18)(H,15,16). The summed E-state index contributed by atoms with van der Waals surface area (Å²) < 4.78 is 0. The Labute approximate surface area is 120 Å². The molecular weight excluding hydrogens is 278 g/mol. The van der Waals surface area contributed by atoms with Crippen LogP contribution in [0.15, 0.2) is 17.2 Å². The van der Waals surface area contributed by atoms with Gasteiger partial charge >= 0.3 is 0 Å². The molecule has 6 nitrogen and oxygen atoms in total. The average Bonchev–Trinajstić information content (AvgIpc) is 2.93. The maximum atomic E-state index is 12.1. The number of rotatable bonds is 6. The zero-order chi connectivity index (χ0) is 14.5. The molecule has 20 heavy (non-hydrogen) atoms. The molecule has 1 amide bonds. The predicted molar refractivity (Wildman–Crippen MR) is 75.7 cm³/mol. The normalized spacial score (nSPS) is 13.9. The summed E-state index contributed by atoms with van der Waals surface area (Å²) >= 11 is 1.33. The van der Waals surface area contributed by atoms with E-state index in [9.17, 15) is 14.4 Å². The van der Waals surface area contributed by atoms with Crippen LogP contribution in [0.25, 0.3) is 0 Å². The van der Waals surface area contributed by atoms with Crippen LogP contribution in [-0.4, -0.2) is 40.0 Å². The molecule has 0 atom stereocenters. The van der Waals surface area contributed by atoms with Crippen LogP contribution in [0.2, 0.25) is 0 Å². The van der Waals surface area contributed by atoms with E-state index in [2.05, 4.69) is 15.5 Å². The van der Waals surface area contributed by atoms with Gasteiger partial charge in [0.2, 0.25) is 17.5 Å². The van der Waals surface area contributed by atoms with Gasteiger partial charge in [-0.3, -0.25) is 19.5 Å². The summed E-state index contributed by atoms with van der Waals surface area (Å²) in [5.74, 6) is 0.290. The second-order valence-corrected chi connectivity index (χ2v) is 5.40. The number of H-pyrrole nitrogens is 1. The highest BCUT2D eigenvalue weighted by Crippen LogP contribution is 2.27. The quantitative estimate of drug-likeness (QED) is 0.772. The van der Waals surface area contributed by atoms with Crippen molar-refractivity contribution in [3.8, 4) is 0 Å². The second-order valence-electron chi connectivity index (χ2n) is 4.27. The van der Waals surface area contributed by atoms with Gasteiger partial charge in [0, 0.05) is 19.0 Å². The van der Waals surface area contributed by atoms with Crippen molar-refractivity contribution in [3.63, 3.8) is 0 Å².